The SMILES string of the molecule is Cc1nc(C)c(-c2nnc(NC(=O)C3CCN(S(=O)(=O)c4cccs4)CC3)o2)s1. The van der Waals surface area contributed by atoms with Gasteiger partial charge in [-0.1, -0.05) is 11.2 Å². The van der Waals surface area contributed by atoms with Gasteiger partial charge in [-0.25, -0.2) is 13.4 Å². The maximum Gasteiger partial charge on any atom is 0.322 e. The standard InChI is InChI=1S/C17H19N5O4S3/c1-10-14(28-11(2)18-10)16-20-21-17(26-16)19-15(23)12-5-7-22(8-6-12)29(24,25)13-4-3-9-27-13/h3-4,9,12H,5-8H2,1-2H3,(H,19,21,23). The quantitative estimate of drug-likeness (QED) is 0.631. The van der Waals surface area contributed by atoms with Crippen LogP contribution in [0.15, 0.2) is 26.1 Å². The molecule has 1 N–H and O–H groups in total. The van der Waals surface area contributed by atoms with Crippen molar-refractivity contribution >= 4 is 44.6 Å². The summed E-state index contributed by atoms with van der Waals surface area (Å²) >= 11 is 2.64. The van der Waals surface area contributed by atoms with Gasteiger partial charge >= 0.3 is 6.01 Å². The zero-order valence-corrected chi connectivity index (χ0v) is 18.2. The number of piperidine rings is 1. The number of hydrogen-bond donors (Lipinski definition) is 1. The molecule has 0 aliphatic carbocycles. The lowest BCUT2D eigenvalue weighted by Gasteiger charge is -2.29. The topological polar surface area (TPSA) is 118 Å². The molecule has 3 aromatic rings. The van der Waals surface area contributed by atoms with Gasteiger partial charge in [0.2, 0.25) is 5.91 Å². The van der Waals surface area contributed by atoms with E-state index in [0.717, 1.165) is 15.6 Å². The number of nitrogens with zero attached hydrogens (tertiary/aromatic N) is 4. The first-order valence-electron chi connectivity index (χ1n) is 8.97. The highest BCUT2D eigenvalue weighted by molar-refractivity contribution is 7.91. The van der Waals surface area contributed by atoms with E-state index in [0.29, 0.717) is 36.0 Å². The maximum absolute atomic E-state index is 12.6. The van der Waals surface area contributed by atoms with Crippen LogP contribution < -0.4 is 5.32 Å². The number of carbonyl (C=O) groups excluding carboxylic acids is 1. The van der Waals surface area contributed by atoms with Crippen LogP contribution in [0.1, 0.15) is 23.5 Å². The molecule has 4 heterocycles. The van der Waals surface area contributed by atoms with Crippen LogP contribution in [-0.2, 0) is 14.8 Å². The van der Waals surface area contributed by atoms with E-state index < -0.39 is 10.0 Å². The number of thiophene rings is 1. The second-order valence-electron chi connectivity index (χ2n) is 6.66. The van der Waals surface area contributed by atoms with Crippen molar-refractivity contribution in [2.45, 2.75) is 30.9 Å². The highest BCUT2D eigenvalue weighted by Gasteiger charge is 2.33. The number of sulfonamides is 1. The number of carbonyl (C=O) groups is 1. The van der Waals surface area contributed by atoms with Crippen molar-refractivity contribution in [3.05, 3.63) is 28.2 Å². The molecular formula is C17H19N5O4S3. The molecule has 0 unspecified atom stereocenters. The Kier molecular flexibility index (Phi) is 5.51. The Bertz CT molecular complexity index is 1110. The van der Waals surface area contributed by atoms with Gasteiger partial charge in [-0.3, -0.25) is 10.1 Å². The predicted molar refractivity (Wildman–Crippen MR) is 109 cm³/mol. The molecule has 0 aromatic carbocycles. The lowest BCUT2D eigenvalue weighted by molar-refractivity contribution is -0.121. The van der Waals surface area contributed by atoms with Crippen LogP contribution in [-0.4, -0.2) is 46.9 Å². The fourth-order valence-corrected chi connectivity index (χ4v) is 6.65. The number of nitrogens with one attached hydrogen (secondary N) is 1. The van der Waals surface area contributed by atoms with Gasteiger partial charge in [-0.15, -0.1) is 27.8 Å². The van der Waals surface area contributed by atoms with Crippen molar-refractivity contribution in [2.24, 2.45) is 5.92 Å². The molecule has 154 valence electrons. The Balaban J connectivity index is 1.37. The highest BCUT2D eigenvalue weighted by atomic mass is 32.2. The molecule has 0 spiro atoms. The fraction of sp³-hybridized carbons (Fsp3) is 0.412. The van der Waals surface area contributed by atoms with Crippen molar-refractivity contribution in [1.29, 1.82) is 0 Å². The average Bonchev–Trinajstić information content (AvgIpc) is 3.43. The number of amides is 1. The molecule has 1 aliphatic heterocycles. The second-order valence-corrected chi connectivity index (χ2v) is 11.0. The monoisotopic (exact) mass is 453 g/mol. The first-order chi connectivity index (χ1) is 13.8. The summed E-state index contributed by atoms with van der Waals surface area (Å²) < 4.78 is 32.5. The molecule has 1 saturated heterocycles. The van der Waals surface area contributed by atoms with E-state index in [1.54, 1.807) is 17.5 Å². The highest BCUT2D eigenvalue weighted by Crippen LogP contribution is 2.30. The lowest BCUT2D eigenvalue weighted by atomic mass is 9.97. The van der Waals surface area contributed by atoms with Crippen LogP contribution in [0.5, 0.6) is 0 Å². The van der Waals surface area contributed by atoms with E-state index in [1.165, 1.54) is 27.0 Å². The molecule has 29 heavy (non-hydrogen) atoms. The van der Waals surface area contributed by atoms with Crippen LogP contribution in [0.3, 0.4) is 0 Å². The number of aromatic nitrogens is 3. The van der Waals surface area contributed by atoms with Gasteiger partial charge < -0.3 is 4.42 Å². The molecule has 9 nitrogen and oxygen atoms in total. The maximum atomic E-state index is 12.6. The minimum absolute atomic E-state index is 0.0316. The number of hydrogen-bond acceptors (Lipinski definition) is 9. The third-order valence-corrected chi connectivity index (χ3v) is 9.00. The van der Waals surface area contributed by atoms with Crippen LogP contribution in [0.25, 0.3) is 10.8 Å². The molecule has 3 aromatic heterocycles. The summed E-state index contributed by atoms with van der Waals surface area (Å²) in [5.74, 6) is -0.238. The van der Waals surface area contributed by atoms with E-state index in [9.17, 15) is 13.2 Å². The van der Waals surface area contributed by atoms with E-state index in [-0.39, 0.29) is 17.8 Å². The molecular weight excluding hydrogens is 434 g/mol. The molecule has 0 saturated carbocycles. The molecule has 1 fully saturated rings. The first-order valence-corrected chi connectivity index (χ1v) is 12.1. The average molecular weight is 454 g/mol. The molecule has 0 bridgehead atoms. The summed E-state index contributed by atoms with van der Waals surface area (Å²) in [6, 6.07) is 3.34. The lowest BCUT2D eigenvalue weighted by Crippen LogP contribution is -2.41. The van der Waals surface area contributed by atoms with E-state index in [2.05, 4.69) is 20.5 Å². The van der Waals surface area contributed by atoms with Crippen molar-refractivity contribution < 1.29 is 17.6 Å². The molecule has 0 radical (unpaired) electrons. The smallest absolute Gasteiger partial charge is 0.322 e. The molecule has 1 aliphatic rings. The Labute approximate surface area is 175 Å². The summed E-state index contributed by atoms with van der Waals surface area (Å²) in [5.41, 5.74) is 0.799. The van der Waals surface area contributed by atoms with Gasteiger partial charge in [0.25, 0.3) is 15.9 Å². The van der Waals surface area contributed by atoms with E-state index in [4.69, 9.17) is 4.42 Å². The van der Waals surface area contributed by atoms with Gasteiger partial charge in [0, 0.05) is 19.0 Å². The minimum Gasteiger partial charge on any atom is -0.402 e. The fourth-order valence-electron chi connectivity index (χ4n) is 3.20. The van der Waals surface area contributed by atoms with Crippen molar-refractivity contribution in [2.75, 3.05) is 18.4 Å². The Morgan fingerprint density at radius 1 is 1.28 bits per heavy atom. The predicted octanol–water partition coefficient (Wildman–Crippen LogP) is 2.91. The largest absolute Gasteiger partial charge is 0.402 e. The summed E-state index contributed by atoms with van der Waals surface area (Å²) in [7, 11) is -3.48. The van der Waals surface area contributed by atoms with Crippen LogP contribution in [0.4, 0.5) is 6.01 Å². The summed E-state index contributed by atoms with van der Waals surface area (Å²) in [6.45, 7) is 4.35. The van der Waals surface area contributed by atoms with Crippen molar-refractivity contribution in [1.82, 2.24) is 19.5 Å². The number of rotatable bonds is 5. The third-order valence-electron chi connectivity index (χ3n) is 4.67. The Hall–Kier alpha value is -2.15. The second kappa shape index (κ2) is 7.94. The van der Waals surface area contributed by atoms with Gasteiger partial charge in [-0.05, 0) is 38.1 Å². The van der Waals surface area contributed by atoms with Crippen LogP contribution in [0.2, 0.25) is 0 Å². The Morgan fingerprint density at radius 3 is 2.66 bits per heavy atom. The first kappa shape index (κ1) is 20.1. The third kappa shape index (κ3) is 4.10. The molecule has 0 atom stereocenters. The number of aryl methyl sites for hydroxylation is 2. The summed E-state index contributed by atoms with van der Waals surface area (Å²) in [6.07, 6.45) is 0.870. The summed E-state index contributed by atoms with van der Waals surface area (Å²) in [4.78, 5) is 17.7. The molecule has 1 amide bonds. The minimum atomic E-state index is -3.48. The summed E-state index contributed by atoms with van der Waals surface area (Å²) in [5, 5.41) is 13.2. The van der Waals surface area contributed by atoms with Crippen molar-refractivity contribution in [3.8, 4) is 10.8 Å². The zero-order chi connectivity index (χ0) is 20.6. The van der Waals surface area contributed by atoms with E-state index >= 15 is 0 Å². The zero-order valence-electron chi connectivity index (χ0n) is 15.8. The van der Waals surface area contributed by atoms with Gasteiger partial charge in [-0.2, -0.15) is 4.31 Å². The van der Waals surface area contributed by atoms with Crippen LogP contribution >= 0.6 is 22.7 Å². The van der Waals surface area contributed by atoms with Crippen LogP contribution in [0, 0.1) is 19.8 Å². The number of anilines is 1. The van der Waals surface area contributed by atoms with Crippen molar-refractivity contribution in [3.63, 3.8) is 0 Å². The van der Waals surface area contributed by atoms with Gasteiger partial charge in [0.05, 0.1) is 10.7 Å². The molecule has 12 heteroatoms. The normalized spacial score (nSPS) is 16.2. The Morgan fingerprint density at radius 2 is 2.03 bits per heavy atom. The number of thiazole rings is 1. The van der Waals surface area contributed by atoms with Gasteiger partial charge in [0.15, 0.2) is 0 Å². The van der Waals surface area contributed by atoms with E-state index in [1.807, 2.05) is 13.8 Å². The molecule has 4 rings (SSSR count). The van der Waals surface area contributed by atoms with Gasteiger partial charge in [0.1, 0.15) is 9.09 Å².